The Bertz CT molecular complexity index is 620. The molecule has 0 aromatic heterocycles. The van der Waals surface area contributed by atoms with Crippen molar-refractivity contribution >= 4 is 27.8 Å². The fourth-order valence-corrected chi connectivity index (χ4v) is 2.20. The van der Waals surface area contributed by atoms with Gasteiger partial charge < -0.3 is 4.74 Å². The standard InChI is InChI=1S/C16H16BrNO/c1-11-5-4-6-15(12(11)2)18-10-13-9-14(17)7-8-16(13)19-3/h4-10H,1-3H3. The summed E-state index contributed by atoms with van der Waals surface area (Å²) in [5.41, 5.74) is 4.39. The third-order valence-electron chi connectivity index (χ3n) is 3.11. The summed E-state index contributed by atoms with van der Waals surface area (Å²) >= 11 is 3.46. The quantitative estimate of drug-likeness (QED) is 0.743. The van der Waals surface area contributed by atoms with E-state index < -0.39 is 0 Å². The van der Waals surface area contributed by atoms with Crippen molar-refractivity contribution in [2.24, 2.45) is 4.99 Å². The van der Waals surface area contributed by atoms with E-state index in [1.807, 2.05) is 36.5 Å². The van der Waals surface area contributed by atoms with Crippen LogP contribution in [0.25, 0.3) is 0 Å². The van der Waals surface area contributed by atoms with Crippen molar-refractivity contribution in [1.29, 1.82) is 0 Å². The van der Waals surface area contributed by atoms with Gasteiger partial charge in [-0.1, -0.05) is 28.1 Å². The molecule has 0 unspecified atom stereocenters. The fraction of sp³-hybridized carbons (Fsp3) is 0.188. The number of aryl methyl sites for hydroxylation is 1. The number of benzene rings is 2. The first-order valence-corrected chi connectivity index (χ1v) is 6.85. The van der Waals surface area contributed by atoms with Gasteiger partial charge in [0.2, 0.25) is 0 Å². The maximum absolute atomic E-state index is 5.33. The zero-order valence-corrected chi connectivity index (χ0v) is 12.9. The molecule has 2 aromatic rings. The molecule has 19 heavy (non-hydrogen) atoms. The smallest absolute Gasteiger partial charge is 0.127 e. The van der Waals surface area contributed by atoms with Crippen molar-refractivity contribution in [3.05, 3.63) is 57.6 Å². The van der Waals surface area contributed by atoms with Gasteiger partial charge in [-0.3, -0.25) is 4.99 Å². The molecule has 0 spiro atoms. The van der Waals surface area contributed by atoms with E-state index in [4.69, 9.17) is 4.74 Å². The predicted octanol–water partition coefficient (Wildman–Crippen LogP) is 4.83. The molecule has 0 heterocycles. The molecular weight excluding hydrogens is 302 g/mol. The van der Waals surface area contributed by atoms with Crippen LogP contribution in [0.2, 0.25) is 0 Å². The summed E-state index contributed by atoms with van der Waals surface area (Å²) in [6.07, 6.45) is 1.84. The SMILES string of the molecule is COc1ccc(Br)cc1C=Nc1cccc(C)c1C. The summed E-state index contributed by atoms with van der Waals surface area (Å²) in [7, 11) is 1.67. The lowest BCUT2D eigenvalue weighted by molar-refractivity contribution is 0.414. The highest BCUT2D eigenvalue weighted by Crippen LogP contribution is 2.24. The van der Waals surface area contributed by atoms with Gasteiger partial charge in [0, 0.05) is 16.3 Å². The highest BCUT2D eigenvalue weighted by molar-refractivity contribution is 9.10. The highest BCUT2D eigenvalue weighted by atomic mass is 79.9. The molecule has 0 bridgehead atoms. The second-order valence-electron chi connectivity index (χ2n) is 4.36. The Morgan fingerprint density at radius 1 is 1.16 bits per heavy atom. The molecule has 0 amide bonds. The predicted molar refractivity (Wildman–Crippen MR) is 83.9 cm³/mol. The van der Waals surface area contributed by atoms with E-state index in [1.165, 1.54) is 11.1 Å². The number of halogens is 1. The van der Waals surface area contributed by atoms with E-state index in [1.54, 1.807) is 7.11 Å². The lowest BCUT2D eigenvalue weighted by Gasteiger charge is -2.06. The number of aliphatic imine (C=N–C) groups is 1. The highest BCUT2D eigenvalue weighted by Gasteiger charge is 2.02. The van der Waals surface area contributed by atoms with Crippen LogP contribution in [-0.4, -0.2) is 13.3 Å². The van der Waals surface area contributed by atoms with Crippen LogP contribution < -0.4 is 4.74 Å². The molecule has 3 heteroatoms. The van der Waals surface area contributed by atoms with Gasteiger partial charge in [0.15, 0.2) is 0 Å². The van der Waals surface area contributed by atoms with Crippen LogP contribution in [0.4, 0.5) is 5.69 Å². The normalized spacial score (nSPS) is 10.9. The van der Waals surface area contributed by atoms with Crippen molar-refractivity contribution in [3.63, 3.8) is 0 Å². The Labute approximate surface area is 122 Å². The number of hydrogen-bond acceptors (Lipinski definition) is 2. The monoisotopic (exact) mass is 317 g/mol. The third kappa shape index (κ3) is 3.24. The molecule has 2 nitrogen and oxygen atoms in total. The molecule has 0 radical (unpaired) electrons. The van der Waals surface area contributed by atoms with Gasteiger partial charge in [-0.15, -0.1) is 0 Å². The van der Waals surface area contributed by atoms with Gasteiger partial charge in [0.1, 0.15) is 5.75 Å². The molecule has 0 N–H and O–H groups in total. The number of hydrogen-bond donors (Lipinski definition) is 0. The lowest BCUT2D eigenvalue weighted by Crippen LogP contribution is -1.90. The van der Waals surface area contributed by atoms with Gasteiger partial charge in [0.05, 0.1) is 12.8 Å². The van der Waals surface area contributed by atoms with E-state index in [9.17, 15) is 0 Å². The Morgan fingerprint density at radius 3 is 2.68 bits per heavy atom. The number of ether oxygens (including phenoxy) is 1. The van der Waals surface area contributed by atoms with Gasteiger partial charge in [-0.05, 0) is 49.2 Å². The largest absolute Gasteiger partial charge is 0.496 e. The molecule has 2 aromatic carbocycles. The molecular formula is C16H16BrNO. The minimum Gasteiger partial charge on any atom is -0.496 e. The molecule has 0 aliphatic rings. The maximum atomic E-state index is 5.33. The summed E-state index contributed by atoms with van der Waals surface area (Å²) in [5.74, 6) is 0.817. The van der Waals surface area contributed by atoms with Crippen LogP contribution in [0.1, 0.15) is 16.7 Å². The van der Waals surface area contributed by atoms with E-state index >= 15 is 0 Å². The van der Waals surface area contributed by atoms with Crippen molar-refractivity contribution in [3.8, 4) is 5.75 Å². The van der Waals surface area contributed by atoms with Crippen LogP contribution in [0, 0.1) is 13.8 Å². The molecule has 0 aliphatic heterocycles. The zero-order chi connectivity index (χ0) is 13.8. The van der Waals surface area contributed by atoms with Crippen molar-refractivity contribution in [2.75, 3.05) is 7.11 Å². The van der Waals surface area contributed by atoms with E-state index in [0.717, 1.165) is 21.5 Å². The van der Waals surface area contributed by atoms with Gasteiger partial charge >= 0.3 is 0 Å². The second kappa shape index (κ2) is 6.02. The molecule has 0 fully saturated rings. The van der Waals surface area contributed by atoms with Crippen LogP contribution in [-0.2, 0) is 0 Å². The summed E-state index contributed by atoms with van der Waals surface area (Å²) in [4.78, 5) is 4.56. The Morgan fingerprint density at radius 2 is 1.95 bits per heavy atom. The Balaban J connectivity index is 2.37. The first-order valence-electron chi connectivity index (χ1n) is 6.05. The minimum atomic E-state index is 0.817. The van der Waals surface area contributed by atoms with E-state index in [2.05, 4.69) is 40.8 Å². The molecule has 2 rings (SSSR count). The molecule has 0 saturated carbocycles. The summed E-state index contributed by atoms with van der Waals surface area (Å²) in [6, 6.07) is 12.0. The molecule has 0 saturated heterocycles. The van der Waals surface area contributed by atoms with Crippen molar-refractivity contribution in [2.45, 2.75) is 13.8 Å². The minimum absolute atomic E-state index is 0.817. The third-order valence-corrected chi connectivity index (χ3v) is 3.60. The van der Waals surface area contributed by atoms with Crippen molar-refractivity contribution in [1.82, 2.24) is 0 Å². The number of rotatable bonds is 3. The molecule has 98 valence electrons. The van der Waals surface area contributed by atoms with E-state index in [0.29, 0.717) is 0 Å². The van der Waals surface area contributed by atoms with Crippen LogP contribution in [0.5, 0.6) is 5.75 Å². The summed E-state index contributed by atoms with van der Waals surface area (Å²) in [6.45, 7) is 4.17. The first-order chi connectivity index (χ1) is 9.11. The van der Waals surface area contributed by atoms with Crippen LogP contribution in [0.15, 0.2) is 45.9 Å². The second-order valence-corrected chi connectivity index (χ2v) is 5.28. The average molecular weight is 318 g/mol. The number of methoxy groups -OCH3 is 1. The molecule has 0 atom stereocenters. The fourth-order valence-electron chi connectivity index (χ4n) is 1.82. The Hall–Kier alpha value is -1.61. The maximum Gasteiger partial charge on any atom is 0.127 e. The van der Waals surface area contributed by atoms with Crippen LogP contribution in [0.3, 0.4) is 0 Å². The summed E-state index contributed by atoms with van der Waals surface area (Å²) in [5, 5.41) is 0. The topological polar surface area (TPSA) is 21.6 Å². The number of nitrogens with zero attached hydrogens (tertiary/aromatic N) is 1. The van der Waals surface area contributed by atoms with Crippen molar-refractivity contribution < 1.29 is 4.74 Å². The summed E-state index contributed by atoms with van der Waals surface area (Å²) < 4.78 is 6.34. The van der Waals surface area contributed by atoms with Crippen LogP contribution >= 0.6 is 15.9 Å². The lowest BCUT2D eigenvalue weighted by atomic mass is 10.1. The van der Waals surface area contributed by atoms with Gasteiger partial charge in [-0.2, -0.15) is 0 Å². The van der Waals surface area contributed by atoms with E-state index in [-0.39, 0.29) is 0 Å². The van der Waals surface area contributed by atoms with Gasteiger partial charge in [-0.25, -0.2) is 0 Å². The average Bonchev–Trinajstić information content (AvgIpc) is 2.40. The first kappa shape index (κ1) is 13.8. The van der Waals surface area contributed by atoms with Gasteiger partial charge in [0.25, 0.3) is 0 Å². The zero-order valence-electron chi connectivity index (χ0n) is 11.3. The molecule has 0 aliphatic carbocycles. The Kier molecular flexibility index (Phi) is 4.38.